The summed E-state index contributed by atoms with van der Waals surface area (Å²) in [4.78, 5) is 20.5. The first kappa shape index (κ1) is 15.0. The quantitative estimate of drug-likeness (QED) is 0.694. The largest absolute Gasteiger partial charge is 0.362 e. The number of nitrogens with zero attached hydrogens (tertiary/aromatic N) is 3. The first-order chi connectivity index (χ1) is 9.73. The normalized spacial score (nSPS) is 11.5. The molecule has 0 saturated carbocycles. The molecule has 0 unspecified atom stereocenters. The standard InChI is InChI=1S/C15H20N4O2/c1-15(2,3)11-9-17-12(13(11)19(20)21)10-7-6-8-16-14(10)18(4)5/h6-9,17H,1-5H3. The molecule has 0 atom stereocenters. The Morgan fingerprint density at radius 3 is 2.52 bits per heavy atom. The molecule has 21 heavy (non-hydrogen) atoms. The zero-order valence-electron chi connectivity index (χ0n) is 13.0. The Morgan fingerprint density at radius 1 is 1.33 bits per heavy atom. The predicted octanol–water partition coefficient (Wildman–Crippen LogP) is 3.35. The zero-order valence-corrected chi connectivity index (χ0v) is 13.0. The number of nitrogens with one attached hydrogen (secondary N) is 1. The van der Waals surface area contributed by atoms with E-state index in [-0.39, 0.29) is 16.0 Å². The van der Waals surface area contributed by atoms with Crippen molar-refractivity contribution in [1.82, 2.24) is 9.97 Å². The summed E-state index contributed by atoms with van der Waals surface area (Å²) in [6.07, 6.45) is 3.40. The lowest BCUT2D eigenvalue weighted by molar-refractivity contribution is -0.385. The Balaban J connectivity index is 2.72. The summed E-state index contributed by atoms with van der Waals surface area (Å²) >= 11 is 0. The van der Waals surface area contributed by atoms with Gasteiger partial charge in [0.1, 0.15) is 11.5 Å². The summed E-state index contributed by atoms with van der Waals surface area (Å²) in [6.45, 7) is 5.88. The van der Waals surface area contributed by atoms with Gasteiger partial charge in [-0.15, -0.1) is 0 Å². The van der Waals surface area contributed by atoms with E-state index in [0.29, 0.717) is 17.1 Å². The van der Waals surface area contributed by atoms with E-state index in [1.807, 2.05) is 45.8 Å². The van der Waals surface area contributed by atoms with E-state index in [4.69, 9.17) is 0 Å². The van der Waals surface area contributed by atoms with E-state index in [2.05, 4.69) is 9.97 Å². The van der Waals surface area contributed by atoms with E-state index in [9.17, 15) is 10.1 Å². The molecule has 0 bridgehead atoms. The van der Waals surface area contributed by atoms with E-state index in [1.165, 1.54) is 0 Å². The Kier molecular flexibility index (Phi) is 3.72. The van der Waals surface area contributed by atoms with Crippen molar-refractivity contribution in [1.29, 1.82) is 0 Å². The highest BCUT2D eigenvalue weighted by atomic mass is 16.6. The fourth-order valence-corrected chi connectivity index (χ4v) is 2.33. The van der Waals surface area contributed by atoms with Gasteiger partial charge in [0.2, 0.25) is 0 Å². The molecule has 112 valence electrons. The number of aromatic nitrogens is 2. The summed E-state index contributed by atoms with van der Waals surface area (Å²) < 4.78 is 0. The second kappa shape index (κ2) is 5.20. The zero-order chi connectivity index (χ0) is 15.8. The topological polar surface area (TPSA) is 75.1 Å². The first-order valence-electron chi connectivity index (χ1n) is 6.72. The van der Waals surface area contributed by atoms with Crippen LogP contribution >= 0.6 is 0 Å². The van der Waals surface area contributed by atoms with Crippen LogP contribution in [-0.2, 0) is 5.41 Å². The molecule has 0 aliphatic heterocycles. The SMILES string of the molecule is CN(C)c1ncccc1-c1[nH]cc(C(C)(C)C)c1[N+](=O)[O-]. The van der Waals surface area contributed by atoms with Gasteiger partial charge in [-0.1, -0.05) is 20.8 Å². The Morgan fingerprint density at radius 2 is 2.00 bits per heavy atom. The van der Waals surface area contributed by atoms with Crippen molar-refractivity contribution in [3.05, 3.63) is 40.2 Å². The van der Waals surface area contributed by atoms with Crippen LogP contribution in [0.25, 0.3) is 11.3 Å². The molecule has 0 saturated heterocycles. The first-order valence-corrected chi connectivity index (χ1v) is 6.72. The Labute approximate surface area is 124 Å². The Bertz CT molecular complexity index is 669. The van der Waals surface area contributed by atoms with Gasteiger partial charge in [0.25, 0.3) is 5.69 Å². The van der Waals surface area contributed by atoms with Crippen LogP contribution in [0.4, 0.5) is 11.5 Å². The maximum atomic E-state index is 11.6. The number of rotatable bonds is 3. The van der Waals surface area contributed by atoms with Crippen LogP contribution in [0.5, 0.6) is 0 Å². The molecule has 6 heteroatoms. The third kappa shape index (κ3) is 2.74. The molecule has 0 amide bonds. The maximum Gasteiger partial charge on any atom is 0.298 e. The van der Waals surface area contributed by atoms with Crippen LogP contribution in [0.1, 0.15) is 26.3 Å². The van der Waals surface area contributed by atoms with Gasteiger partial charge in [0.05, 0.1) is 10.5 Å². The van der Waals surface area contributed by atoms with Gasteiger partial charge in [-0.3, -0.25) is 10.1 Å². The lowest BCUT2D eigenvalue weighted by atomic mass is 9.87. The van der Waals surface area contributed by atoms with E-state index >= 15 is 0 Å². The van der Waals surface area contributed by atoms with Crippen molar-refractivity contribution < 1.29 is 4.92 Å². The van der Waals surface area contributed by atoms with Gasteiger partial charge in [-0.05, 0) is 17.5 Å². The molecule has 6 nitrogen and oxygen atoms in total. The number of pyridine rings is 1. The molecular formula is C15H20N4O2. The van der Waals surface area contributed by atoms with Gasteiger partial charge >= 0.3 is 0 Å². The van der Waals surface area contributed by atoms with Crippen LogP contribution in [0.15, 0.2) is 24.5 Å². The van der Waals surface area contributed by atoms with E-state index in [0.717, 1.165) is 5.56 Å². The highest BCUT2D eigenvalue weighted by Crippen LogP contribution is 2.40. The molecule has 0 radical (unpaired) electrons. The monoisotopic (exact) mass is 288 g/mol. The lowest BCUT2D eigenvalue weighted by Gasteiger charge is -2.17. The lowest BCUT2D eigenvalue weighted by Crippen LogP contribution is -2.13. The summed E-state index contributed by atoms with van der Waals surface area (Å²) in [6, 6.07) is 3.62. The smallest absolute Gasteiger partial charge is 0.298 e. The van der Waals surface area contributed by atoms with E-state index in [1.54, 1.807) is 18.5 Å². The number of nitro groups is 1. The maximum absolute atomic E-state index is 11.6. The molecule has 2 aromatic heterocycles. The average molecular weight is 288 g/mol. The number of hydrogen-bond donors (Lipinski definition) is 1. The van der Waals surface area contributed by atoms with Gasteiger partial charge in [-0.2, -0.15) is 0 Å². The fraction of sp³-hybridized carbons (Fsp3) is 0.400. The molecule has 1 N–H and O–H groups in total. The van der Waals surface area contributed by atoms with Crippen LogP contribution in [0, 0.1) is 10.1 Å². The number of anilines is 1. The summed E-state index contributed by atoms with van der Waals surface area (Å²) in [5.74, 6) is 0.697. The van der Waals surface area contributed by atoms with Gasteiger partial charge in [0, 0.05) is 32.1 Å². The molecule has 2 aromatic rings. The molecule has 0 spiro atoms. The van der Waals surface area contributed by atoms with E-state index < -0.39 is 0 Å². The second-order valence-electron chi connectivity index (χ2n) is 6.20. The number of H-pyrrole nitrogens is 1. The number of aromatic amines is 1. The molecule has 0 aliphatic rings. The molecule has 0 fully saturated rings. The van der Waals surface area contributed by atoms with Crippen LogP contribution in [-0.4, -0.2) is 29.0 Å². The van der Waals surface area contributed by atoms with Crippen LogP contribution < -0.4 is 4.90 Å². The van der Waals surface area contributed by atoms with Gasteiger partial charge in [-0.25, -0.2) is 4.98 Å². The van der Waals surface area contributed by atoms with Crippen molar-refractivity contribution in [3.8, 4) is 11.3 Å². The highest BCUT2D eigenvalue weighted by Gasteiger charge is 2.31. The van der Waals surface area contributed by atoms with Crippen molar-refractivity contribution in [3.63, 3.8) is 0 Å². The van der Waals surface area contributed by atoms with Crippen molar-refractivity contribution in [2.24, 2.45) is 0 Å². The second-order valence-corrected chi connectivity index (χ2v) is 6.20. The summed E-state index contributed by atoms with van der Waals surface area (Å²) in [5.41, 5.74) is 1.73. The fourth-order valence-electron chi connectivity index (χ4n) is 2.33. The minimum absolute atomic E-state index is 0.124. The van der Waals surface area contributed by atoms with Crippen molar-refractivity contribution in [2.75, 3.05) is 19.0 Å². The molecule has 2 rings (SSSR count). The number of hydrogen-bond acceptors (Lipinski definition) is 4. The highest BCUT2D eigenvalue weighted by molar-refractivity contribution is 5.81. The minimum Gasteiger partial charge on any atom is -0.362 e. The third-order valence-electron chi connectivity index (χ3n) is 3.32. The van der Waals surface area contributed by atoms with Gasteiger partial charge < -0.3 is 9.88 Å². The summed E-state index contributed by atoms with van der Waals surface area (Å²) in [7, 11) is 3.73. The predicted molar refractivity (Wildman–Crippen MR) is 83.7 cm³/mol. The van der Waals surface area contributed by atoms with Crippen molar-refractivity contribution in [2.45, 2.75) is 26.2 Å². The molecular weight excluding hydrogens is 268 g/mol. The van der Waals surface area contributed by atoms with Crippen LogP contribution in [0.2, 0.25) is 0 Å². The Hall–Kier alpha value is -2.37. The molecule has 0 aromatic carbocycles. The molecule has 2 heterocycles. The summed E-state index contributed by atoms with van der Waals surface area (Å²) in [5, 5.41) is 11.6. The van der Waals surface area contributed by atoms with Crippen molar-refractivity contribution >= 4 is 11.5 Å². The van der Waals surface area contributed by atoms with Gasteiger partial charge in [0.15, 0.2) is 0 Å². The average Bonchev–Trinajstić information content (AvgIpc) is 2.83. The molecule has 0 aliphatic carbocycles. The third-order valence-corrected chi connectivity index (χ3v) is 3.32. The van der Waals surface area contributed by atoms with Crippen LogP contribution in [0.3, 0.4) is 0 Å². The minimum atomic E-state index is -0.321.